The Hall–Kier alpha value is -0.850. The van der Waals surface area contributed by atoms with E-state index in [1.54, 1.807) is 0 Å². The quantitative estimate of drug-likeness (QED) is 0.675. The Morgan fingerprint density at radius 3 is 3.06 bits per heavy atom. The van der Waals surface area contributed by atoms with Crippen molar-refractivity contribution in [1.29, 1.82) is 0 Å². The summed E-state index contributed by atoms with van der Waals surface area (Å²) in [6.45, 7) is 2.85. The first kappa shape index (κ1) is 12.6. The molecular formula is C12H15IN2O2. The molecule has 1 heterocycles. The number of halogens is 1. The number of nitrogens with zero attached hydrogens (tertiary/aromatic N) is 1. The fourth-order valence-electron chi connectivity index (χ4n) is 1.89. The van der Waals surface area contributed by atoms with Gasteiger partial charge in [-0.15, -0.1) is 0 Å². The molecule has 0 fully saturated rings. The first-order valence-electron chi connectivity index (χ1n) is 5.69. The molecule has 0 saturated carbocycles. The summed E-state index contributed by atoms with van der Waals surface area (Å²) in [5.74, 6) is 1.58. The summed E-state index contributed by atoms with van der Waals surface area (Å²) < 4.78 is 6.17. The van der Waals surface area contributed by atoms with Crippen LogP contribution in [0.5, 0.6) is 5.88 Å². The lowest BCUT2D eigenvalue weighted by molar-refractivity contribution is 0.191. The van der Waals surface area contributed by atoms with Crippen LogP contribution in [0.1, 0.15) is 19.8 Å². The Balaban J connectivity index is 2.00. The summed E-state index contributed by atoms with van der Waals surface area (Å²) in [5.41, 5.74) is -0.146. The average Bonchev–Trinajstić information content (AvgIpc) is 2.33. The topological polar surface area (TPSA) is 55.0 Å². The second-order valence-corrected chi connectivity index (χ2v) is 5.42. The number of nitrogens with one attached hydrogen (secondary N) is 1. The molecule has 0 aromatic carbocycles. The molecule has 17 heavy (non-hydrogen) atoms. The molecule has 0 aliphatic heterocycles. The predicted molar refractivity (Wildman–Crippen MR) is 74.1 cm³/mol. The molecule has 4 nitrogen and oxygen atoms in total. The first-order chi connectivity index (χ1) is 8.18. The van der Waals surface area contributed by atoms with E-state index >= 15 is 0 Å². The molecule has 1 aromatic rings. The Kier molecular flexibility index (Phi) is 4.20. The molecule has 2 rings (SSSR count). The van der Waals surface area contributed by atoms with Gasteiger partial charge >= 0.3 is 0 Å². The zero-order valence-corrected chi connectivity index (χ0v) is 11.8. The largest absolute Gasteiger partial charge is 0.476 e. The van der Waals surface area contributed by atoms with Crippen molar-refractivity contribution in [2.75, 3.05) is 6.61 Å². The van der Waals surface area contributed by atoms with Gasteiger partial charge in [-0.05, 0) is 47.3 Å². The Morgan fingerprint density at radius 1 is 1.53 bits per heavy atom. The molecule has 5 heteroatoms. The summed E-state index contributed by atoms with van der Waals surface area (Å²) in [6.07, 6.45) is 7.94. The fraction of sp³-hybridized carbons (Fsp3) is 0.500. The van der Waals surface area contributed by atoms with Crippen molar-refractivity contribution >= 4 is 22.6 Å². The number of aromatic nitrogens is 2. The van der Waals surface area contributed by atoms with Crippen LogP contribution in [0.3, 0.4) is 0 Å². The van der Waals surface area contributed by atoms with Gasteiger partial charge in [0.1, 0.15) is 3.57 Å². The molecule has 2 atom stereocenters. The molecule has 0 radical (unpaired) electrons. The van der Waals surface area contributed by atoms with Gasteiger partial charge in [0.05, 0.1) is 12.9 Å². The SMILES string of the molecule is CC1CC=CCC1COc1nc[nH]c(=O)c1I. The number of rotatable bonds is 3. The molecule has 92 valence electrons. The minimum absolute atomic E-state index is 0.146. The Morgan fingerprint density at radius 2 is 2.29 bits per heavy atom. The highest BCUT2D eigenvalue weighted by Crippen LogP contribution is 2.25. The summed E-state index contributed by atoms with van der Waals surface area (Å²) in [5, 5.41) is 0. The molecule has 0 spiro atoms. The van der Waals surface area contributed by atoms with Crippen molar-refractivity contribution in [2.24, 2.45) is 11.8 Å². The van der Waals surface area contributed by atoms with E-state index in [-0.39, 0.29) is 5.56 Å². The fourth-order valence-corrected chi connectivity index (χ4v) is 2.34. The van der Waals surface area contributed by atoms with Crippen LogP contribution in [0.25, 0.3) is 0 Å². The standard InChI is InChI=1S/C12H15IN2O2/c1-8-4-2-3-5-9(8)6-17-12-10(13)11(16)14-7-15-12/h2-3,7-9H,4-6H2,1H3,(H,14,15,16). The van der Waals surface area contributed by atoms with Crippen LogP contribution in [-0.2, 0) is 0 Å². The summed E-state index contributed by atoms with van der Waals surface area (Å²) in [4.78, 5) is 17.9. The van der Waals surface area contributed by atoms with Crippen molar-refractivity contribution in [3.05, 3.63) is 32.4 Å². The van der Waals surface area contributed by atoms with Crippen molar-refractivity contribution in [1.82, 2.24) is 9.97 Å². The maximum absolute atomic E-state index is 11.4. The van der Waals surface area contributed by atoms with Crippen LogP contribution in [-0.4, -0.2) is 16.6 Å². The molecule has 1 N–H and O–H groups in total. The van der Waals surface area contributed by atoms with Crippen molar-refractivity contribution in [2.45, 2.75) is 19.8 Å². The third-order valence-electron chi connectivity index (χ3n) is 3.12. The zero-order chi connectivity index (χ0) is 12.3. The maximum Gasteiger partial charge on any atom is 0.268 e. The number of ether oxygens (including phenoxy) is 1. The number of allylic oxidation sites excluding steroid dienone is 2. The van der Waals surface area contributed by atoms with E-state index in [4.69, 9.17) is 4.74 Å². The minimum Gasteiger partial charge on any atom is -0.476 e. The van der Waals surface area contributed by atoms with Gasteiger partial charge in [-0.25, -0.2) is 4.98 Å². The van der Waals surface area contributed by atoms with Gasteiger partial charge in [0.15, 0.2) is 0 Å². The zero-order valence-electron chi connectivity index (χ0n) is 9.65. The third-order valence-corrected chi connectivity index (χ3v) is 4.07. The number of hydrogen-bond acceptors (Lipinski definition) is 3. The highest BCUT2D eigenvalue weighted by molar-refractivity contribution is 14.1. The third kappa shape index (κ3) is 3.08. The summed E-state index contributed by atoms with van der Waals surface area (Å²) in [7, 11) is 0. The lowest BCUT2D eigenvalue weighted by Crippen LogP contribution is -2.22. The molecule has 1 aliphatic carbocycles. The van der Waals surface area contributed by atoms with E-state index in [0.29, 0.717) is 27.9 Å². The van der Waals surface area contributed by atoms with Gasteiger partial charge < -0.3 is 9.72 Å². The van der Waals surface area contributed by atoms with E-state index < -0.39 is 0 Å². The monoisotopic (exact) mass is 346 g/mol. The van der Waals surface area contributed by atoms with Crippen molar-refractivity contribution in [3.63, 3.8) is 0 Å². The number of H-pyrrole nitrogens is 1. The summed E-state index contributed by atoms with van der Waals surface area (Å²) in [6, 6.07) is 0. The number of aromatic amines is 1. The molecule has 1 aromatic heterocycles. The van der Waals surface area contributed by atoms with Gasteiger partial charge in [-0.1, -0.05) is 19.1 Å². The highest BCUT2D eigenvalue weighted by Gasteiger charge is 2.19. The maximum atomic E-state index is 11.4. The smallest absolute Gasteiger partial charge is 0.268 e. The van der Waals surface area contributed by atoms with Crippen molar-refractivity contribution in [3.8, 4) is 5.88 Å². The Labute approximate surface area is 114 Å². The molecular weight excluding hydrogens is 331 g/mol. The van der Waals surface area contributed by atoms with Gasteiger partial charge in [-0.2, -0.15) is 0 Å². The second kappa shape index (κ2) is 5.66. The molecule has 0 bridgehead atoms. The van der Waals surface area contributed by atoms with Crippen LogP contribution in [0.4, 0.5) is 0 Å². The van der Waals surface area contributed by atoms with Crippen LogP contribution in [0.2, 0.25) is 0 Å². The minimum atomic E-state index is -0.146. The van der Waals surface area contributed by atoms with Crippen LogP contribution in [0.15, 0.2) is 23.3 Å². The van der Waals surface area contributed by atoms with Crippen LogP contribution < -0.4 is 10.3 Å². The normalized spacial score (nSPS) is 23.6. The second-order valence-electron chi connectivity index (χ2n) is 4.34. The van der Waals surface area contributed by atoms with Gasteiger partial charge in [0.2, 0.25) is 5.88 Å². The molecule has 2 unspecified atom stereocenters. The average molecular weight is 346 g/mol. The molecule has 0 saturated heterocycles. The lowest BCUT2D eigenvalue weighted by atomic mass is 9.85. The van der Waals surface area contributed by atoms with E-state index in [1.165, 1.54) is 6.33 Å². The van der Waals surface area contributed by atoms with Gasteiger partial charge in [0, 0.05) is 0 Å². The van der Waals surface area contributed by atoms with E-state index in [1.807, 2.05) is 22.6 Å². The Bertz CT molecular complexity index is 470. The molecule has 0 amide bonds. The molecule has 1 aliphatic rings. The van der Waals surface area contributed by atoms with Crippen LogP contribution >= 0.6 is 22.6 Å². The highest BCUT2D eigenvalue weighted by atomic mass is 127. The number of hydrogen-bond donors (Lipinski definition) is 1. The summed E-state index contributed by atoms with van der Waals surface area (Å²) >= 11 is 1.96. The van der Waals surface area contributed by atoms with Crippen LogP contribution in [0, 0.1) is 15.4 Å². The van der Waals surface area contributed by atoms with E-state index in [9.17, 15) is 4.79 Å². The van der Waals surface area contributed by atoms with Gasteiger partial charge in [0.25, 0.3) is 5.56 Å². The first-order valence-corrected chi connectivity index (χ1v) is 6.77. The van der Waals surface area contributed by atoms with Crippen molar-refractivity contribution < 1.29 is 4.74 Å². The lowest BCUT2D eigenvalue weighted by Gasteiger charge is -2.24. The van der Waals surface area contributed by atoms with Gasteiger partial charge in [-0.3, -0.25) is 4.79 Å². The van der Waals surface area contributed by atoms with E-state index in [0.717, 1.165) is 12.8 Å². The van der Waals surface area contributed by atoms with E-state index in [2.05, 4.69) is 29.0 Å². The predicted octanol–water partition coefficient (Wildman–Crippen LogP) is 2.36.